The van der Waals surface area contributed by atoms with Crippen molar-refractivity contribution in [2.75, 3.05) is 13.4 Å². The zero-order valence-electron chi connectivity index (χ0n) is 20.6. The average Bonchev–Trinajstić information content (AvgIpc) is 3.22. The van der Waals surface area contributed by atoms with Gasteiger partial charge in [-0.15, -0.1) is 11.3 Å². The second kappa shape index (κ2) is 10.6. The van der Waals surface area contributed by atoms with Crippen molar-refractivity contribution in [3.8, 4) is 5.75 Å². The zero-order valence-corrected chi connectivity index (χ0v) is 22.3. The van der Waals surface area contributed by atoms with Crippen LogP contribution in [0.2, 0.25) is 0 Å². The number of thioether (sulfide) groups is 1. The Kier molecular flexibility index (Phi) is 7.32. The molecule has 4 aromatic rings. The van der Waals surface area contributed by atoms with Crippen molar-refractivity contribution in [3.63, 3.8) is 0 Å². The number of esters is 1. The third-order valence-corrected chi connectivity index (χ3v) is 8.24. The number of ether oxygens (including phenoxy) is 3. The number of benzene rings is 2. The van der Waals surface area contributed by atoms with Crippen LogP contribution in [0.25, 0.3) is 10.2 Å². The highest BCUT2D eigenvalue weighted by atomic mass is 32.2. The van der Waals surface area contributed by atoms with Gasteiger partial charge >= 0.3 is 5.97 Å². The van der Waals surface area contributed by atoms with Crippen LogP contribution in [0.1, 0.15) is 44.4 Å². The van der Waals surface area contributed by atoms with Gasteiger partial charge in [0.2, 0.25) is 0 Å². The Bertz CT molecular complexity index is 1550. The van der Waals surface area contributed by atoms with Crippen molar-refractivity contribution in [1.82, 2.24) is 9.55 Å². The van der Waals surface area contributed by atoms with Crippen LogP contribution in [-0.4, -0.2) is 28.9 Å². The maximum absolute atomic E-state index is 14.3. The van der Waals surface area contributed by atoms with Crippen LogP contribution in [0, 0.1) is 19.7 Å². The van der Waals surface area contributed by atoms with Crippen LogP contribution in [0.4, 0.5) is 4.39 Å². The Balaban J connectivity index is 1.59. The molecule has 3 heterocycles. The summed E-state index contributed by atoms with van der Waals surface area (Å²) in [4.78, 5) is 31.9. The number of aryl methyl sites for hydroxylation is 2. The lowest BCUT2D eigenvalue weighted by atomic mass is 10.1. The van der Waals surface area contributed by atoms with Gasteiger partial charge in [0.1, 0.15) is 21.3 Å². The van der Waals surface area contributed by atoms with Gasteiger partial charge in [-0.2, -0.15) is 0 Å². The predicted octanol–water partition coefficient (Wildman–Crippen LogP) is 5.60. The first-order chi connectivity index (χ1) is 17.9. The lowest BCUT2D eigenvalue weighted by Crippen LogP contribution is -2.24. The molecule has 37 heavy (non-hydrogen) atoms. The Morgan fingerprint density at radius 2 is 2.03 bits per heavy atom. The Morgan fingerprint density at radius 1 is 1.24 bits per heavy atom. The summed E-state index contributed by atoms with van der Waals surface area (Å²) in [5.74, 6) is 0.0932. The molecule has 0 bridgehead atoms. The van der Waals surface area contributed by atoms with E-state index in [0.29, 0.717) is 55.0 Å². The summed E-state index contributed by atoms with van der Waals surface area (Å²) in [6, 6.07) is 10.8. The summed E-state index contributed by atoms with van der Waals surface area (Å²) >= 11 is 2.47. The number of fused-ring (bicyclic) bond motifs is 2. The van der Waals surface area contributed by atoms with Crippen molar-refractivity contribution < 1.29 is 23.4 Å². The van der Waals surface area contributed by atoms with E-state index < -0.39 is 5.97 Å². The van der Waals surface area contributed by atoms with Crippen LogP contribution in [0.3, 0.4) is 0 Å². The van der Waals surface area contributed by atoms with Gasteiger partial charge in [0, 0.05) is 16.9 Å². The van der Waals surface area contributed by atoms with E-state index in [4.69, 9.17) is 19.2 Å². The summed E-state index contributed by atoms with van der Waals surface area (Å²) in [5, 5.41) is 0.882. The SMILES string of the molecule is CCOC(=O)c1sc2nc(SCc3cc(F)cc4c3OCOC4)n(Cc3ccc(C)cc3)c(=O)c2c1C. The fraction of sp³-hybridized carbons (Fsp3) is 0.296. The van der Waals surface area contributed by atoms with Gasteiger partial charge in [0.05, 0.1) is 25.1 Å². The van der Waals surface area contributed by atoms with Crippen molar-refractivity contribution in [2.24, 2.45) is 0 Å². The van der Waals surface area contributed by atoms with E-state index in [9.17, 15) is 14.0 Å². The third kappa shape index (κ3) is 5.14. The van der Waals surface area contributed by atoms with Gasteiger partial charge in [-0.25, -0.2) is 14.2 Å². The lowest BCUT2D eigenvalue weighted by molar-refractivity contribution is -0.0171. The monoisotopic (exact) mass is 540 g/mol. The molecule has 0 radical (unpaired) electrons. The van der Waals surface area contributed by atoms with Crippen LogP contribution in [0.5, 0.6) is 5.75 Å². The molecule has 2 aromatic heterocycles. The molecule has 0 aliphatic carbocycles. The minimum atomic E-state index is -0.465. The molecule has 1 aliphatic rings. The topological polar surface area (TPSA) is 79.7 Å². The Labute approximate surface area is 221 Å². The number of halogens is 1. The van der Waals surface area contributed by atoms with Crippen LogP contribution < -0.4 is 10.3 Å². The van der Waals surface area contributed by atoms with E-state index in [0.717, 1.165) is 22.5 Å². The highest BCUT2D eigenvalue weighted by Gasteiger charge is 2.24. The number of thiophene rings is 1. The molecular formula is C27H25FN2O5S2. The fourth-order valence-corrected chi connectivity index (χ4v) is 6.30. The second-order valence-corrected chi connectivity index (χ2v) is 10.6. The highest BCUT2D eigenvalue weighted by molar-refractivity contribution is 7.98. The average molecular weight is 541 g/mol. The fourth-order valence-electron chi connectivity index (χ4n) is 4.22. The number of carbonyl (C=O) groups excluding carboxylic acids is 1. The van der Waals surface area contributed by atoms with Gasteiger partial charge in [0.15, 0.2) is 11.9 Å². The van der Waals surface area contributed by atoms with Crippen molar-refractivity contribution in [1.29, 1.82) is 0 Å². The standard InChI is InChI=1S/C27H25FN2O5S2/c1-4-34-26(32)23-16(3)21-24(37-23)29-27(30(25(21)31)11-17-7-5-15(2)6-8-17)36-13-19-10-20(28)9-18-12-33-14-35-22(18)19/h5-10H,4,11-14H2,1-3H3. The van der Waals surface area contributed by atoms with Gasteiger partial charge in [-0.05, 0) is 44.0 Å². The molecule has 0 fully saturated rings. The minimum Gasteiger partial charge on any atom is -0.467 e. The molecule has 10 heteroatoms. The van der Waals surface area contributed by atoms with Gasteiger partial charge < -0.3 is 14.2 Å². The molecule has 1 aliphatic heterocycles. The summed E-state index contributed by atoms with van der Waals surface area (Å²) in [7, 11) is 0. The number of rotatable bonds is 7. The van der Waals surface area contributed by atoms with Crippen LogP contribution in [0.15, 0.2) is 46.3 Å². The third-order valence-electron chi connectivity index (χ3n) is 6.05. The first-order valence-corrected chi connectivity index (χ1v) is 13.6. The van der Waals surface area contributed by atoms with Crippen molar-refractivity contribution >= 4 is 39.3 Å². The lowest BCUT2D eigenvalue weighted by Gasteiger charge is -2.21. The van der Waals surface area contributed by atoms with E-state index in [1.54, 1.807) is 18.4 Å². The maximum Gasteiger partial charge on any atom is 0.348 e. The molecule has 7 nitrogen and oxygen atoms in total. The summed E-state index contributed by atoms with van der Waals surface area (Å²) in [6.45, 7) is 6.41. The minimum absolute atomic E-state index is 0.101. The maximum atomic E-state index is 14.3. The van der Waals surface area contributed by atoms with Gasteiger partial charge in [-0.1, -0.05) is 41.6 Å². The largest absolute Gasteiger partial charge is 0.467 e. The number of hydrogen-bond acceptors (Lipinski definition) is 8. The molecule has 0 spiro atoms. The highest BCUT2D eigenvalue weighted by Crippen LogP contribution is 2.35. The molecular weight excluding hydrogens is 515 g/mol. The van der Waals surface area contributed by atoms with E-state index in [2.05, 4.69) is 0 Å². The smallest absolute Gasteiger partial charge is 0.348 e. The van der Waals surface area contributed by atoms with Crippen LogP contribution >= 0.6 is 23.1 Å². The molecule has 0 N–H and O–H groups in total. The van der Waals surface area contributed by atoms with E-state index in [1.165, 1.54) is 23.9 Å². The molecule has 2 aromatic carbocycles. The Hall–Kier alpha value is -3.21. The summed E-state index contributed by atoms with van der Waals surface area (Å²) < 4.78 is 32.0. The molecule has 0 atom stereocenters. The predicted molar refractivity (Wildman–Crippen MR) is 141 cm³/mol. The molecule has 0 saturated carbocycles. The zero-order chi connectivity index (χ0) is 26.1. The summed E-state index contributed by atoms with van der Waals surface area (Å²) in [6.07, 6.45) is 0. The summed E-state index contributed by atoms with van der Waals surface area (Å²) in [5.41, 5.74) is 3.70. The first-order valence-electron chi connectivity index (χ1n) is 11.8. The quantitative estimate of drug-likeness (QED) is 0.172. The Morgan fingerprint density at radius 3 is 2.78 bits per heavy atom. The number of aromatic nitrogens is 2. The van der Waals surface area contributed by atoms with Crippen LogP contribution in [-0.2, 0) is 28.4 Å². The van der Waals surface area contributed by atoms with E-state index >= 15 is 0 Å². The van der Waals surface area contributed by atoms with Gasteiger partial charge in [-0.3, -0.25) is 9.36 Å². The molecule has 0 unspecified atom stereocenters. The number of hydrogen-bond donors (Lipinski definition) is 0. The second-order valence-electron chi connectivity index (χ2n) is 8.68. The first kappa shape index (κ1) is 25.4. The number of carbonyl (C=O) groups is 1. The normalized spacial score (nSPS) is 12.9. The van der Waals surface area contributed by atoms with E-state index in [1.807, 2.05) is 31.2 Å². The molecule has 192 valence electrons. The van der Waals surface area contributed by atoms with Crippen molar-refractivity contribution in [2.45, 2.75) is 44.8 Å². The molecule has 5 rings (SSSR count). The number of nitrogens with zero attached hydrogens (tertiary/aromatic N) is 2. The molecule has 0 saturated heterocycles. The van der Waals surface area contributed by atoms with E-state index in [-0.39, 0.29) is 31.4 Å². The molecule has 0 amide bonds. The van der Waals surface area contributed by atoms with Crippen molar-refractivity contribution in [3.05, 3.63) is 85.3 Å². The van der Waals surface area contributed by atoms with Gasteiger partial charge in [0.25, 0.3) is 5.56 Å².